The first-order valence-corrected chi connectivity index (χ1v) is 6.27. The average molecular weight is 271 g/mol. The van der Waals surface area contributed by atoms with Crippen molar-refractivity contribution in [3.8, 4) is 23.6 Å². The molecule has 0 N–H and O–H groups in total. The summed E-state index contributed by atoms with van der Waals surface area (Å²) in [5.41, 5.74) is 1.38. The van der Waals surface area contributed by atoms with E-state index in [2.05, 4.69) is 4.98 Å². The number of aromatic nitrogens is 1. The second-order valence-corrected chi connectivity index (χ2v) is 4.36. The molecule has 1 aromatic heterocycles. The fourth-order valence-electron chi connectivity index (χ4n) is 2.06. The standard InChI is InChI=1S/C17H9N3O/c18-10-13-6-7-15(9-14(13)11-19)21-16-5-1-3-12-4-2-8-20-17(12)16/h1-9H. The summed E-state index contributed by atoms with van der Waals surface area (Å²) in [5.74, 6) is 1.12. The Hall–Kier alpha value is -3.37. The van der Waals surface area contributed by atoms with Crippen molar-refractivity contribution in [1.82, 2.24) is 4.98 Å². The number of para-hydroxylation sites is 1. The zero-order valence-corrected chi connectivity index (χ0v) is 10.9. The molecule has 3 aromatic rings. The average Bonchev–Trinajstić information content (AvgIpc) is 2.55. The van der Waals surface area contributed by atoms with Crippen LogP contribution in [0.3, 0.4) is 0 Å². The molecule has 0 fully saturated rings. The highest BCUT2D eigenvalue weighted by atomic mass is 16.5. The van der Waals surface area contributed by atoms with E-state index >= 15 is 0 Å². The molecule has 0 radical (unpaired) electrons. The van der Waals surface area contributed by atoms with Crippen molar-refractivity contribution in [1.29, 1.82) is 10.5 Å². The number of rotatable bonds is 2. The van der Waals surface area contributed by atoms with E-state index in [0.717, 1.165) is 10.9 Å². The monoisotopic (exact) mass is 271 g/mol. The Morgan fingerprint density at radius 1 is 0.905 bits per heavy atom. The van der Waals surface area contributed by atoms with Crippen molar-refractivity contribution < 1.29 is 4.74 Å². The van der Waals surface area contributed by atoms with E-state index in [4.69, 9.17) is 15.3 Å². The highest BCUT2D eigenvalue weighted by Crippen LogP contribution is 2.29. The Balaban J connectivity index is 2.04. The maximum atomic E-state index is 9.04. The Bertz CT molecular complexity index is 899. The predicted octanol–water partition coefficient (Wildman–Crippen LogP) is 3.77. The minimum Gasteiger partial charge on any atom is -0.455 e. The summed E-state index contributed by atoms with van der Waals surface area (Å²) in [7, 11) is 0. The summed E-state index contributed by atoms with van der Waals surface area (Å²) in [6.45, 7) is 0. The third-order valence-electron chi connectivity index (χ3n) is 3.06. The van der Waals surface area contributed by atoms with Gasteiger partial charge in [-0.2, -0.15) is 10.5 Å². The van der Waals surface area contributed by atoms with Gasteiger partial charge >= 0.3 is 0 Å². The molecular weight excluding hydrogens is 262 g/mol. The Kier molecular flexibility index (Phi) is 3.21. The summed E-state index contributed by atoms with van der Waals surface area (Å²) in [6, 6.07) is 18.2. The van der Waals surface area contributed by atoms with Crippen molar-refractivity contribution in [2.75, 3.05) is 0 Å². The first kappa shape index (κ1) is 12.7. The van der Waals surface area contributed by atoms with E-state index < -0.39 is 0 Å². The molecule has 0 saturated carbocycles. The van der Waals surface area contributed by atoms with Gasteiger partial charge in [0, 0.05) is 11.6 Å². The van der Waals surface area contributed by atoms with Crippen LogP contribution in [0.4, 0.5) is 0 Å². The van der Waals surface area contributed by atoms with Gasteiger partial charge in [0.15, 0.2) is 5.75 Å². The highest BCUT2D eigenvalue weighted by Gasteiger charge is 2.07. The van der Waals surface area contributed by atoms with E-state index in [-0.39, 0.29) is 0 Å². The minimum absolute atomic E-state index is 0.295. The molecule has 0 atom stereocenters. The molecule has 4 nitrogen and oxygen atoms in total. The summed E-state index contributed by atoms with van der Waals surface area (Å²) < 4.78 is 5.81. The molecule has 0 aliphatic heterocycles. The largest absolute Gasteiger partial charge is 0.455 e. The van der Waals surface area contributed by atoms with Crippen LogP contribution < -0.4 is 4.74 Å². The number of nitrogens with zero attached hydrogens (tertiary/aromatic N) is 3. The van der Waals surface area contributed by atoms with Gasteiger partial charge in [-0.1, -0.05) is 18.2 Å². The topological polar surface area (TPSA) is 69.7 Å². The molecule has 0 unspecified atom stereocenters. The maximum Gasteiger partial charge on any atom is 0.153 e. The molecular formula is C17H9N3O. The van der Waals surface area contributed by atoms with E-state index in [9.17, 15) is 0 Å². The van der Waals surface area contributed by atoms with E-state index in [1.54, 1.807) is 24.4 Å². The van der Waals surface area contributed by atoms with Crippen LogP contribution in [0.2, 0.25) is 0 Å². The molecule has 4 heteroatoms. The zero-order valence-electron chi connectivity index (χ0n) is 10.9. The lowest BCUT2D eigenvalue weighted by Crippen LogP contribution is -1.90. The van der Waals surface area contributed by atoms with Gasteiger partial charge in [0.1, 0.15) is 23.4 Å². The van der Waals surface area contributed by atoms with Crippen LogP contribution in [0.5, 0.6) is 11.5 Å². The van der Waals surface area contributed by atoms with Gasteiger partial charge in [-0.05, 0) is 30.3 Å². The molecule has 21 heavy (non-hydrogen) atoms. The van der Waals surface area contributed by atoms with Crippen molar-refractivity contribution in [2.45, 2.75) is 0 Å². The first-order chi connectivity index (χ1) is 10.3. The fourth-order valence-corrected chi connectivity index (χ4v) is 2.06. The number of benzene rings is 2. The summed E-state index contributed by atoms with van der Waals surface area (Å²) >= 11 is 0. The minimum atomic E-state index is 0.295. The number of ether oxygens (including phenoxy) is 1. The molecule has 0 aliphatic carbocycles. The molecule has 0 saturated heterocycles. The first-order valence-electron chi connectivity index (χ1n) is 6.27. The third-order valence-corrected chi connectivity index (χ3v) is 3.06. The number of fused-ring (bicyclic) bond motifs is 1. The number of hydrogen-bond donors (Lipinski definition) is 0. The van der Waals surface area contributed by atoms with E-state index in [1.807, 2.05) is 42.5 Å². The fraction of sp³-hybridized carbons (Fsp3) is 0. The number of nitriles is 2. The molecule has 98 valence electrons. The Morgan fingerprint density at radius 3 is 2.52 bits per heavy atom. The van der Waals surface area contributed by atoms with Crippen LogP contribution >= 0.6 is 0 Å². The molecule has 3 rings (SSSR count). The van der Waals surface area contributed by atoms with Crippen molar-refractivity contribution in [3.63, 3.8) is 0 Å². The van der Waals surface area contributed by atoms with Crippen LogP contribution in [0.25, 0.3) is 10.9 Å². The maximum absolute atomic E-state index is 9.04. The Labute approximate surface area is 121 Å². The lowest BCUT2D eigenvalue weighted by atomic mass is 10.1. The number of pyridine rings is 1. The van der Waals surface area contributed by atoms with Crippen LogP contribution in [-0.4, -0.2) is 4.98 Å². The second kappa shape index (κ2) is 5.32. The molecule has 2 aromatic carbocycles. The van der Waals surface area contributed by atoms with Crippen LogP contribution in [0, 0.1) is 22.7 Å². The van der Waals surface area contributed by atoms with Crippen molar-refractivity contribution >= 4 is 10.9 Å². The molecule has 0 aliphatic rings. The van der Waals surface area contributed by atoms with Crippen LogP contribution in [-0.2, 0) is 0 Å². The molecule has 1 heterocycles. The number of hydrogen-bond acceptors (Lipinski definition) is 4. The van der Waals surface area contributed by atoms with Crippen LogP contribution in [0.15, 0.2) is 54.7 Å². The summed E-state index contributed by atoms with van der Waals surface area (Å²) in [6.07, 6.45) is 1.70. The van der Waals surface area contributed by atoms with Gasteiger partial charge in [0.25, 0.3) is 0 Å². The molecule has 0 bridgehead atoms. The SMILES string of the molecule is N#Cc1ccc(Oc2cccc3cccnc23)cc1C#N. The quantitative estimate of drug-likeness (QED) is 0.711. The molecule has 0 amide bonds. The second-order valence-electron chi connectivity index (χ2n) is 4.36. The van der Waals surface area contributed by atoms with Crippen molar-refractivity contribution in [2.24, 2.45) is 0 Å². The molecule has 0 spiro atoms. The van der Waals surface area contributed by atoms with Gasteiger partial charge in [-0.25, -0.2) is 0 Å². The lowest BCUT2D eigenvalue weighted by Gasteiger charge is -2.08. The van der Waals surface area contributed by atoms with Crippen molar-refractivity contribution in [3.05, 3.63) is 65.9 Å². The third kappa shape index (κ3) is 2.39. The zero-order chi connectivity index (χ0) is 14.7. The van der Waals surface area contributed by atoms with Crippen LogP contribution in [0.1, 0.15) is 11.1 Å². The lowest BCUT2D eigenvalue weighted by molar-refractivity contribution is 0.487. The van der Waals surface area contributed by atoms with E-state index in [0.29, 0.717) is 22.6 Å². The highest BCUT2D eigenvalue weighted by molar-refractivity contribution is 5.84. The smallest absolute Gasteiger partial charge is 0.153 e. The van der Waals surface area contributed by atoms with Gasteiger partial charge < -0.3 is 4.74 Å². The van der Waals surface area contributed by atoms with Gasteiger partial charge in [0.2, 0.25) is 0 Å². The van der Waals surface area contributed by atoms with E-state index in [1.165, 1.54) is 0 Å². The summed E-state index contributed by atoms with van der Waals surface area (Å²) in [4.78, 5) is 4.31. The normalized spacial score (nSPS) is 9.81. The summed E-state index contributed by atoms with van der Waals surface area (Å²) in [5, 5.41) is 18.9. The van der Waals surface area contributed by atoms with Gasteiger partial charge in [-0.3, -0.25) is 4.98 Å². The van der Waals surface area contributed by atoms with Gasteiger partial charge in [-0.15, -0.1) is 0 Å². The van der Waals surface area contributed by atoms with Gasteiger partial charge in [0.05, 0.1) is 11.1 Å². The Morgan fingerprint density at radius 2 is 1.71 bits per heavy atom. The predicted molar refractivity (Wildman–Crippen MR) is 77.7 cm³/mol.